The summed E-state index contributed by atoms with van der Waals surface area (Å²) in [4.78, 5) is 12.8. The Morgan fingerprint density at radius 2 is 1.68 bits per heavy atom. The van der Waals surface area contributed by atoms with Gasteiger partial charge in [0.05, 0.1) is 10.6 Å². The van der Waals surface area contributed by atoms with Crippen LogP contribution in [-0.4, -0.2) is 16.2 Å². The van der Waals surface area contributed by atoms with E-state index in [2.05, 4.69) is 20.8 Å². The fourth-order valence-corrected chi connectivity index (χ4v) is 3.48. The zero-order valence-corrected chi connectivity index (χ0v) is 17.6. The summed E-state index contributed by atoms with van der Waals surface area (Å²) in [6.07, 6.45) is 0.809. The Kier molecular flexibility index (Phi) is 6.29. The maximum Gasteiger partial charge on any atom is 0.320 e. The summed E-state index contributed by atoms with van der Waals surface area (Å²) in [7, 11) is 0. The van der Waals surface area contributed by atoms with Crippen molar-refractivity contribution in [1.29, 1.82) is 0 Å². The molecule has 6 nitrogen and oxygen atoms in total. The van der Waals surface area contributed by atoms with E-state index in [1.165, 1.54) is 0 Å². The molecule has 7 heteroatoms. The SMILES string of the molecule is CCc1ccccc1NC(=O)NC(c1ccccc1)c1nnc(-c2ccccc2Cl)o1. The number of para-hydroxylation sites is 1. The molecule has 2 amide bonds. The zero-order chi connectivity index (χ0) is 21.6. The third-order valence-corrected chi connectivity index (χ3v) is 5.18. The second-order valence-electron chi connectivity index (χ2n) is 6.88. The van der Waals surface area contributed by atoms with Crippen molar-refractivity contribution in [2.75, 3.05) is 5.32 Å². The Hall–Kier alpha value is -3.64. The minimum atomic E-state index is -0.626. The van der Waals surface area contributed by atoms with Crippen molar-refractivity contribution in [3.05, 3.63) is 101 Å². The molecule has 31 heavy (non-hydrogen) atoms. The number of aromatic nitrogens is 2. The zero-order valence-electron chi connectivity index (χ0n) is 16.9. The van der Waals surface area contributed by atoms with E-state index in [1.54, 1.807) is 12.1 Å². The van der Waals surface area contributed by atoms with Gasteiger partial charge in [-0.15, -0.1) is 10.2 Å². The molecule has 1 heterocycles. The van der Waals surface area contributed by atoms with Gasteiger partial charge in [-0.25, -0.2) is 4.79 Å². The standard InChI is InChI=1S/C24H21ClN4O2/c1-2-16-10-6-9-15-20(16)26-24(30)27-21(17-11-4-3-5-12-17)23-29-28-22(31-23)18-13-7-8-14-19(18)25/h3-15,21H,2H2,1H3,(H2,26,27,30). The number of anilines is 1. The van der Waals surface area contributed by atoms with Crippen LogP contribution in [0.3, 0.4) is 0 Å². The van der Waals surface area contributed by atoms with Gasteiger partial charge in [0.2, 0.25) is 11.8 Å². The number of amides is 2. The van der Waals surface area contributed by atoms with Crippen LogP contribution >= 0.6 is 11.6 Å². The molecule has 1 atom stereocenters. The lowest BCUT2D eigenvalue weighted by molar-refractivity contribution is 0.248. The van der Waals surface area contributed by atoms with Crippen LogP contribution in [0.2, 0.25) is 5.02 Å². The predicted octanol–water partition coefficient (Wildman–Crippen LogP) is 5.86. The molecule has 0 spiro atoms. The van der Waals surface area contributed by atoms with Gasteiger partial charge in [0, 0.05) is 5.69 Å². The van der Waals surface area contributed by atoms with Crippen molar-refractivity contribution in [2.24, 2.45) is 0 Å². The molecular weight excluding hydrogens is 412 g/mol. The number of rotatable bonds is 6. The van der Waals surface area contributed by atoms with E-state index in [0.717, 1.165) is 23.2 Å². The third kappa shape index (κ3) is 4.75. The summed E-state index contributed by atoms with van der Waals surface area (Å²) < 4.78 is 5.91. The van der Waals surface area contributed by atoms with Gasteiger partial charge in [0.15, 0.2) is 0 Å². The summed E-state index contributed by atoms with van der Waals surface area (Å²) in [6.45, 7) is 2.04. The highest BCUT2D eigenvalue weighted by Gasteiger charge is 2.24. The van der Waals surface area contributed by atoms with Crippen LogP contribution in [0, 0.1) is 0 Å². The summed E-state index contributed by atoms with van der Waals surface area (Å²) in [5.41, 5.74) is 3.26. The smallest absolute Gasteiger partial charge is 0.320 e. The van der Waals surface area contributed by atoms with Gasteiger partial charge < -0.3 is 15.1 Å². The number of nitrogens with one attached hydrogen (secondary N) is 2. The first kappa shape index (κ1) is 20.6. The maximum absolute atomic E-state index is 12.8. The van der Waals surface area contributed by atoms with Crippen LogP contribution in [0.1, 0.15) is 30.0 Å². The number of carbonyl (C=O) groups excluding carboxylic acids is 1. The van der Waals surface area contributed by atoms with Crippen LogP contribution < -0.4 is 10.6 Å². The van der Waals surface area contributed by atoms with Crippen LogP contribution in [0.5, 0.6) is 0 Å². The van der Waals surface area contributed by atoms with Crippen LogP contribution in [-0.2, 0) is 6.42 Å². The second-order valence-corrected chi connectivity index (χ2v) is 7.29. The van der Waals surface area contributed by atoms with E-state index >= 15 is 0 Å². The van der Waals surface area contributed by atoms with E-state index in [0.29, 0.717) is 16.5 Å². The Morgan fingerprint density at radius 1 is 0.968 bits per heavy atom. The second kappa shape index (κ2) is 9.45. The number of hydrogen-bond acceptors (Lipinski definition) is 4. The number of carbonyl (C=O) groups is 1. The Labute approximate surface area is 185 Å². The molecule has 0 aliphatic rings. The number of halogens is 1. The molecule has 156 valence electrons. The molecule has 2 N–H and O–H groups in total. The summed E-state index contributed by atoms with van der Waals surface area (Å²) in [5, 5.41) is 14.7. The summed E-state index contributed by atoms with van der Waals surface area (Å²) in [6, 6.07) is 23.4. The quantitative estimate of drug-likeness (QED) is 0.399. The fourth-order valence-electron chi connectivity index (χ4n) is 3.27. The lowest BCUT2D eigenvalue weighted by Gasteiger charge is -2.17. The topological polar surface area (TPSA) is 80.0 Å². The van der Waals surface area contributed by atoms with Gasteiger partial charge in [0.1, 0.15) is 6.04 Å². The third-order valence-electron chi connectivity index (χ3n) is 4.85. The maximum atomic E-state index is 12.8. The van der Waals surface area contributed by atoms with Crippen LogP contribution in [0.4, 0.5) is 10.5 Å². The number of nitrogens with zero attached hydrogens (tertiary/aromatic N) is 2. The van der Waals surface area contributed by atoms with Gasteiger partial charge in [-0.3, -0.25) is 0 Å². The normalized spacial score (nSPS) is 11.7. The first-order chi connectivity index (χ1) is 15.2. The molecule has 1 aromatic heterocycles. The molecule has 3 aromatic carbocycles. The first-order valence-electron chi connectivity index (χ1n) is 9.94. The van der Waals surface area contributed by atoms with Crippen molar-refractivity contribution in [2.45, 2.75) is 19.4 Å². The molecule has 0 bridgehead atoms. The summed E-state index contributed by atoms with van der Waals surface area (Å²) >= 11 is 6.26. The molecule has 0 radical (unpaired) electrons. The highest BCUT2D eigenvalue weighted by Crippen LogP contribution is 2.29. The largest absolute Gasteiger partial charge is 0.418 e. The molecule has 0 aliphatic carbocycles. The lowest BCUT2D eigenvalue weighted by atomic mass is 10.1. The van der Waals surface area contributed by atoms with E-state index in [-0.39, 0.29) is 11.9 Å². The van der Waals surface area contributed by atoms with E-state index in [9.17, 15) is 4.79 Å². The number of benzene rings is 3. The molecule has 4 rings (SSSR count). The Bertz CT molecular complexity index is 1180. The number of urea groups is 1. The average Bonchev–Trinajstić information content (AvgIpc) is 3.28. The monoisotopic (exact) mass is 432 g/mol. The van der Waals surface area contributed by atoms with Gasteiger partial charge in [0.25, 0.3) is 0 Å². The first-order valence-corrected chi connectivity index (χ1v) is 10.3. The van der Waals surface area contributed by atoms with Gasteiger partial charge in [-0.05, 0) is 35.7 Å². The van der Waals surface area contributed by atoms with Crippen molar-refractivity contribution in [1.82, 2.24) is 15.5 Å². The minimum Gasteiger partial charge on any atom is -0.418 e. The molecule has 0 fully saturated rings. The van der Waals surface area contributed by atoms with Crippen molar-refractivity contribution in [3.63, 3.8) is 0 Å². The predicted molar refractivity (Wildman–Crippen MR) is 121 cm³/mol. The van der Waals surface area contributed by atoms with Gasteiger partial charge in [-0.1, -0.05) is 79.2 Å². The van der Waals surface area contributed by atoms with Crippen molar-refractivity contribution >= 4 is 23.3 Å². The van der Waals surface area contributed by atoms with Gasteiger partial charge >= 0.3 is 6.03 Å². The Balaban J connectivity index is 1.62. The minimum absolute atomic E-state index is 0.264. The van der Waals surface area contributed by atoms with Gasteiger partial charge in [-0.2, -0.15) is 0 Å². The summed E-state index contributed by atoms with van der Waals surface area (Å²) in [5.74, 6) is 0.556. The molecule has 1 unspecified atom stereocenters. The number of hydrogen-bond donors (Lipinski definition) is 2. The molecule has 0 aliphatic heterocycles. The average molecular weight is 433 g/mol. The molecule has 0 saturated carbocycles. The fraction of sp³-hybridized carbons (Fsp3) is 0.125. The van der Waals surface area contributed by atoms with E-state index in [4.69, 9.17) is 16.0 Å². The highest BCUT2D eigenvalue weighted by molar-refractivity contribution is 6.33. The van der Waals surface area contributed by atoms with E-state index in [1.807, 2.05) is 73.7 Å². The molecular formula is C24H21ClN4O2. The van der Waals surface area contributed by atoms with E-state index < -0.39 is 6.04 Å². The molecule has 0 saturated heterocycles. The lowest BCUT2D eigenvalue weighted by Crippen LogP contribution is -2.33. The Morgan fingerprint density at radius 3 is 2.45 bits per heavy atom. The highest BCUT2D eigenvalue weighted by atomic mass is 35.5. The van der Waals surface area contributed by atoms with Crippen LogP contribution in [0.15, 0.2) is 83.3 Å². The molecule has 4 aromatic rings. The van der Waals surface area contributed by atoms with Crippen molar-refractivity contribution in [3.8, 4) is 11.5 Å². The van der Waals surface area contributed by atoms with Crippen molar-refractivity contribution < 1.29 is 9.21 Å². The number of aryl methyl sites for hydroxylation is 1. The van der Waals surface area contributed by atoms with Crippen LogP contribution in [0.25, 0.3) is 11.5 Å².